The maximum Gasteiger partial charge on any atom is 0.258 e. The lowest BCUT2D eigenvalue weighted by Gasteiger charge is -2.29. The minimum Gasteiger partial charge on any atom is -0.493 e. The van der Waals surface area contributed by atoms with E-state index in [1.807, 2.05) is 6.92 Å². The first kappa shape index (κ1) is 20.7. The fourth-order valence-corrected chi connectivity index (χ4v) is 4.13. The molecule has 2 aromatic rings. The number of nitriles is 1. The van der Waals surface area contributed by atoms with Crippen molar-refractivity contribution >= 4 is 0 Å². The zero-order chi connectivity index (χ0) is 22.3. The van der Waals surface area contributed by atoms with Crippen LogP contribution in [-0.4, -0.2) is 25.9 Å². The molecule has 8 heteroatoms. The Kier molecular flexibility index (Phi) is 5.27. The third-order valence-corrected chi connectivity index (χ3v) is 5.87. The van der Waals surface area contributed by atoms with Gasteiger partial charge >= 0.3 is 0 Å². The average Bonchev–Trinajstić information content (AvgIpc) is 3.58. The van der Waals surface area contributed by atoms with Crippen LogP contribution in [0.25, 0.3) is 0 Å². The van der Waals surface area contributed by atoms with Crippen molar-refractivity contribution in [3.05, 3.63) is 56.8 Å². The Morgan fingerprint density at radius 2 is 1.90 bits per heavy atom. The molecule has 0 spiro atoms. The van der Waals surface area contributed by atoms with Crippen LogP contribution in [0.15, 0.2) is 34.4 Å². The van der Waals surface area contributed by atoms with E-state index in [1.54, 1.807) is 22.8 Å². The first-order chi connectivity index (χ1) is 14.9. The fourth-order valence-electron chi connectivity index (χ4n) is 4.13. The molecule has 31 heavy (non-hydrogen) atoms. The molecule has 1 atom stereocenters. The molecule has 1 aromatic heterocycles. The van der Waals surface area contributed by atoms with Gasteiger partial charge in [-0.15, -0.1) is 0 Å². The van der Waals surface area contributed by atoms with E-state index < -0.39 is 5.92 Å². The minimum absolute atomic E-state index is 0.0319. The monoisotopic (exact) mass is 423 g/mol. The summed E-state index contributed by atoms with van der Waals surface area (Å²) in [6.07, 6.45) is 2.23. The lowest BCUT2D eigenvalue weighted by Crippen LogP contribution is -2.33. The Morgan fingerprint density at radius 1 is 1.19 bits per heavy atom. The highest BCUT2D eigenvalue weighted by atomic mass is 16.5. The fraction of sp³-hybridized carbons (Fsp3) is 0.391. The van der Waals surface area contributed by atoms with Gasteiger partial charge in [0.2, 0.25) is 11.6 Å². The van der Waals surface area contributed by atoms with E-state index in [2.05, 4.69) is 6.07 Å². The second kappa shape index (κ2) is 7.91. The number of benzene rings is 1. The number of hydrogen-bond donors (Lipinski definition) is 1. The number of methoxy groups -OCH3 is 3. The van der Waals surface area contributed by atoms with Crippen LogP contribution in [-0.2, 0) is 6.54 Å². The van der Waals surface area contributed by atoms with Gasteiger partial charge in [0, 0.05) is 23.9 Å². The quantitative estimate of drug-likeness (QED) is 0.761. The topological polar surface area (TPSA) is 109 Å². The van der Waals surface area contributed by atoms with Gasteiger partial charge in [-0.1, -0.05) is 6.07 Å². The number of rotatable bonds is 6. The summed E-state index contributed by atoms with van der Waals surface area (Å²) in [4.78, 5) is 13.6. The third kappa shape index (κ3) is 3.36. The summed E-state index contributed by atoms with van der Waals surface area (Å²) in [5, 5.41) is 9.91. The van der Waals surface area contributed by atoms with E-state index >= 15 is 0 Å². The molecule has 4 rings (SSSR count). The Bertz CT molecular complexity index is 1170. The SMILES string of the molecule is COc1ccc(C2C(C#N)=C(N)Oc3cc(C)n(CC4CC4)c(=O)c32)c(OC)c1OC. The molecule has 0 saturated heterocycles. The molecule has 8 nitrogen and oxygen atoms in total. The van der Waals surface area contributed by atoms with E-state index in [1.165, 1.54) is 21.3 Å². The van der Waals surface area contributed by atoms with Crippen LogP contribution in [0.1, 0.15) is 35.6 Å². The molecule has 2 aliphatic rings. The van der Waals surface area contributed by atoms with Crippen LogP contribution in [0, 0.1) is 24.2 Å². The number of aromatic nitrogens is 1. The Labute approximate surface area is 180 Å². The summed E-state index contributed by atoms with van der Waals surface area (Å²) in [7, 11) is 4.53. The summed E-state index contributed by atoms with van der Waals surface area (Å²) >= 11 is 0. The molecule has 0 radical (unpaired) electrons. The van der Waals surface area contributed by atoms with Crippen LogP contribution < -0.4 is 30.2 Å². The molecule has 2 N–H and O–H groups in total. The standard InChI is InChI=1S/C23H25N3O5/c1-12-9-17-19(23(27)26(12)11-13-5-6-13)18(15(10-24)22(25)31-17)14-7-8-16(28-2)21(30-4)20(14)29-3/h7-9,13,18H,5-6,11,25H2,1-4H3. The van der Waals surface area contributed by atoms with Gasteiger partial charge in [-0.3, -0.25) is 4.79 Å². The summed E-state index contributed by atoms with van der Waals surface area (Å²) in [6, 6.07) is 7.41. The predicted molar refractivity (Wildman–Crippen MR) is 114 cm³/mol. The van der Waals surface area contributed by atoms with Gasteiger partial charge in [0.1, 0.15) is 17.4 Å². The Morgan fingerprint density at radius 3 is 2.48 bits per heavy atom. The van der Waals surface area contributed by atoms with Crippen molar-refractivity contribution in [2.45, 2.75) is 32.2 Å². The highest BCUT2D eigenvalue weighted by molar-refractivity contribution is 5.64. The van der Waals surface area contributed by atoms with Crippen molar-refractivity contribution in [3.8, 4) is 29.1 Å². The Hall–Kier alpha value is -3.60. The normalized spacial score (nSPS) is 17.5. The molecular weight excluding hydrogens is 398 g/mol. The molecule has 162 valence electrons. The summed E-state index contributed by atoms with van der Waals surface area (Å²) < 4.78 is 24.0. The number of aryl methyl sites for hydroxylation is 1. The largest absolute Gasteiger partial charge is 0.493 e. The average molecular weight is 423 g/mol. The second-order valence-electron chi connectivity index (χ2n) is 7.77. The molecule has 1 fully saturated rings. The third-order valence-electron chi connectivity index (χ3n) is 5.87. The van der Waals surface area contributed by atoms with E-state index in [-0.39, 0.29) is 17.0 Å². The van der Waals surface area contributed by atoms with Crippen molar-refractivity contribution in [1.82, 2.24) is 4.57 Å². The number of nitrogens with two attached hydrogens (primary N) is 1. The lowest BCUT2D eigenvalue weighted by atomic mass is 9.83. The van der Waals surface area contributed by atoms with Gasteiger partial charge < -0.3 is 29.2 Å². The maximum atomic E-state index is 13.6. The highest BCUT2D eigenvalue weighted by Crippen LogP contribution is 2.49. The van der Waals surface area contributed by atoms with Gasteiger partial charge in [-0.2, -0.15) is 5.26 Å². The van der Waals surface area contributed by atoms with Crippen molar-refractivity contribution in [1.29, 1.82) is 5.26 Å². The zero-order valence-corrected chi connectivity index (χ0v) is 18.0. The van der Waals surface area contributed by atoms with Gasteiger partial charge in [0.25, 0.3) is 5.56 Å². The summed E-state index contributed by atoms with van der Waals surface area (Å²) in [5.41, 5.74) is 7.80. The van der Waals surface area contributed by atoms with Crippen LogP contribution in [0.2, 0.25) is 0 Å². The van der Waals surface area contributed by atoms with Gasteiger partial charge in [0.15, 0.2) is 11.5 Å². The summed E-state index contributed by atoms with van der Waals surface area (Å²) in [5.74, 6) is 1.28. The zero-order valence-electron chi connectivity index (χ0n) is 18.0. The second-order valence-corrected chi connectivity index (χ2v) is 7.77. The lowest BCUT2D eigenvalue weighted by molar-refractivity contribution is 0.321. The van der Waals surface area contributed by atoms with E-state index in [4.69, 9.17) is 24.7 Å². The number of fused-ring (bicyclic) bond motifs is 1. The van der Waals surface area contributed by atoms with Crippen LogP contribution >= 0.6 is 0 Å². The molecule has 1 saturated carbocycles. The maximum absolute atomic E-state index is 13.6. The smallest absolute Gasteiger partial charge is 0.258 e. The predicted octanol–water partition coefficient (Wildman–Crippen LogP) is 2.81. The summed E-state index contributed by atoms with van der Waals surface area (Å²) in [6.45, 7) is 2.52. The van der Waals surface area contributed by atoms with Crippen molar-refractivity contribution < 1.29 is 18.9 Å². The van der Waals surface area contributed by atoms with E-state index in [0.717, 1.165) is 18.5 Å². The van der Waals surface area contributed by atoms with Gasteiger partial charge in [-0.05, 0) is 31.7 Å². The first-order valence-electron chi connectivity index (χ1n) is 10.1. The minimum atomic E-state index is -0.762. The van der Waals surface area contributed by atoms with E-state index in [9.17, 15) is 10.1 Å². The molecule has 1 aliphatic heterocycles. The number of pyridine rings is 1. The number of allylic oxidation sites excluding steroid dienone is 1. The van der Waals surface area contributed by atoms with Crippen molar-refractivity contribution in [3.63, 3.8) is 0 Å². The number of nitrogens with zero attached hydrogens (tertiary/aromatic N) is 2. The van der Waals surface area contributed by atoms with Crippen molar-refractivity contribution in [2.75, 3.05) is 21.3 Å². The molecule has 1 aliphatic carbocycles. The van der Waals surface area contributed by atoms with E-state index in [0.29, 0.717) is 46.6 Å². The highest BCUT2D eigenvalue weighted by Gasteiger charge is 2.37. The molecule has 1 aromatic carbocycles. The van der Waals surface area contributed by atoms with Gasteiger partial charge in [0.05, 0.1) is 32.8 Å². The molecule has 2 heterocycles. The molecule has 0 bridgehead atoms. The number of ether oxygens (including phenoxy) is 4. The van der Waals surface area contributed by atoms with Crippen molar-refractivity contribution in [2.24, 2.45) is 11.7 Å². The van der Waals surface area contributed by atoms with Gasteiger partial charge in [-0.25, -0.2) is 0 Å². The molecular formula is C23H25N3O5. The van der Waals surface area contributed by atoms with Crippen LogP contribution in [0.3, 0.4) is 0 Å². The van der Waals surface area contributed by atoms with Crippen LogP contribution in [0.4, 0.5) is 0 Å². The first-order valence-corrected chi connectivity index (χ1v) is 10.1. The molecule has 0 amide bonds. The van der Waals surface area contributed by atoms with Crippen LogP contribution in [0.5, 0.6) is 23.0 Å². The molecule has 1 unspecified atom stereocenters. The number of hydrogen-bond acceptors (Lipinski definition) is 7. The Balaban J connectivity index is 2.01.